The van der Waals surface area contributed by atoms with Gasteiger partial charge < -0.3 is 9.47 Å². The number of nitrogens with zero attached hydrogens (tertiary/aromatic N) is 2. The zero-order valence-electron chi connectivity index (χ0n) is 19.2. The van der Waals surface area contributed by atoms with E-state index in [1.807, 2.05) is 20.8 Å². The molecule has 2 rings (SSSR count). The van der Waals surface area contributed by atoms with E-state index in [1.165, 1.54) is 37.9 Å². The van der Waals surface area contributed by atoms with Crippen LogP contribution in [0.15, 0.2) is 35.2 Å². The first kappa shape index (κ1) is 30.0. The van der Waals surface area contributed by atoms with E-state index in [1.54, 1.807) is 0 Å². The van der Waals surface area contributed by atoms with Gasteiger partial charge in [-0.25, -0.2) is 36.2 Å². The van der Waals surface area contributed by atoms with Crippen LogP contribution in [0, 0.1) is 31.0 Å². The van der Waals surface area contributed by atoms with Crippen LogP contribution in [0.4, 0.5) is 0 Å². The first-order chi connectivity index (χ1) is 15.5. The molecule has 0 aliphatic rings. The number of carbonyl (C=O) groups excluding carboxylic acids is 1. The Morgan fingerprint density at radius 3 is 2.06 bits per heavy atom. The normalized spacial score (nSPS) is 11.6. The number of pyridine rings is 1. The number of hydrogen-bond donors (Lipinski definition) is 0. The SMILES string of the molecule is Cc1cc(C)[n+](CCOC(=O)COc2ccc(S(=O)(=O)N(C)C)cc2Cl)c(C)c1.[O-][Cl+3]([O-])([O-])[O-]. The van der Waals surface area contributed by atoms with Crippen molar-refractivity contribution in [3.63, 3.8) is 0 Å². The molecule has 34 heavy (non-hydrogen) atoms. The highest BCUT2D eigenvalue weighted by atomic mass is 35.7. The molecule has 0 aliphatic heterocycles. The number of hydrogen-bond acceptors (Lipinski definition) is 9. The van der Waals surface area contributed by atoms with E-state index in [9.17, 15) is 13.2 Å². The second kappa shape index (κ2) is 12.6. The Balaban J connectivity index is 0.00000104. The van der Waals surface area contributed by atoms with Crippen molar-refractivity contribution in [1.29, 1.82) is 0 Å². The van der Waals surface area contributed by atoms with Crippen molar-refractivity contribution < 1.29 is 56.1 Å². The molecule has 1 heterocycles. The molecule has 0 fully saturated rings. The fraction of sp³-hybridized carbons (Fsp3) is 0.400. The third-order valence-electron chi connectivity index (χ3n) is 4.33. The van der Waals surface area contributed by atoms with Gasteiger partial charge in [0.1, 0.15) is 5.75 Å². The van der Waals surface area contributed by atoms with Crippen molar-refractivity contribution >= 4 is 27.6 Å². The lowest BCUT2D eigenvalue weighted by Crippen LogP contribution is -2.68. The van der Waals surface area contributed by atoms with E-state index in [0.717, 1.165) is 15.7 Å². The molecule has 0 aliphatic carbocycles. The van der Waals surface area contributed by atoms with E-state index in [4.69, 9.17) is 39.7 Å². The van der Waals surface area contributed by atoms with Gasteiger partial charge in [0, 0.05) is 40.1 Å². The van der Waals surface area contributed by atoms with E-state index >= 15 is 0 Å². The molecule has 14 heteroatoms. The average molecular weight is 541 g/mol. The van der Waals surface area contributed by atoms with E-state index < -0.39 is 26.2 Å². The highest BCUT2D eigenvalue weighted by Gasteiger charge is 2.19. The minimum atomic E-state index is -4.94. The Kier molecular flexibility index (Phi) is 11.1. The average Bonchev–Trinajstić information content (AvgIpc) is 2.67. The van der Waals surface area contributed by atoms with Gasteiger partial charge in [0.25, 0.3) is 0 Å². The Morgan fingerprint density at radius 1 is 1.06 bits per heavy atom. The molecular weight excluding hydrogens is 515 g/mol. The third kappa shape index (κ3) is 10.1. The molecule has 0 radical (unpaired) electrons. The van der Waals surface area contributed by atoms with Crippen LogP contribution in [0.5, 0.6) is 5.75 Å². The lowest BCUT2D eigenvalue weighted by Gasteiger charge is -2.17. The van der Waals surface area contributed by atoms with Crippen LogP contribution in [-0.4, -0.2) is 46.0 Å². The van der Waals surface area contributed by atoms with Gasteiger partial charge in [-0.3, -0.25) is 0 Å². The summed E-state index contributed by atoms with van der Waals surface area (Å²) in [6.07, 6.45) is 0. The number of benzene rings is 1. The Morgan fingerprint density at radius 2 is 1.59 bits per heavy atom. The molecule has 0 unspecified atom stereocenters. The Hall–Kier alpha value is -2.03. The van der Waals surface area contributed by atoms with Crippen LogP contribution in [0.3, 0.4) is 0 Å². The van der Waals surface area contributed by atoms with Crippen molar-refractivity contribution in [2.45, 2.75) is 32.2 Å². The second-order valence-electron chi connectivity index (χ2n) is 7.23. The van der Waals surface area contributed by atoms with Crippen molar-refractivity contribution in [1.82, 2.24) is 4.31 Å². The molecule has 2 aromatic rings. The smallest absolute Gasteiger partial charge is 0.344 e. The number of aryl methyl sites for hydroxylation is 3. The molecule has 1 aromatic carbocycles. The lowest BCUT2D eigenvalue weighted by atomic mass is 10.2. The first-order valence-electron chi connectivity index (χ1n) is 9.62. The topological polar surface area (TPSA) is 169 Å². The number of sulfonamides is 1. The van der Waals surface area contributed by atoms with Crippen molar-refractivity contribution in [2.75, 3.05) is 27.3 Å². The predicted molar refractivity (Wildman–Crippen MR) is 110 cm³/mol. The van der Waals surface area contributed by atoms with Gasteiger partial charge in [0.15, 0.2) is 31.1 Å². The molecule has 0 amide bonds. The van der Waals surface area contributed by atoms with Crippen LogP contribution in [0.25, 0.3) is 0 Å². The number of halogens is 2. The fourth-order valence-electron chi connectivity index (χ4n) is 2.89. The number of carbonyl (C=O) groups is 1. The first-order valence-corrected chi connectivity index (χ1v) is 12.7. The van der Waals surface area contributed by atoms with E-state index in [0.29, 0.717) is 6.54 Å². The Bertz CT molecular complexity index is 1070. The number of esters is 1. The summed E-state index contributed by atoms with van der Waals surface area (Å²) in [7, 11) is -5.68. The van der Waals surface area contributed by atoms with E-state index in [2.05, 4.69) is 16.7 Å². The van der Waals surface area contributed by atoms with Crippen LogP contribution in [-0.2, 0) is 26.1 Å². The zero-order valence-corrected chi connectivity index (χ0v) is 21.6. The summed E-state index contributed by atoms with van der Waals surface area (Å²) in [4.78, 5) is 12.0. The van der Waals surface area contributed by atoms with E-state index in [-0.39, 0.29) is 28.9 Å². The number of rotatable bonds is 8. The molecule has 0 atom stereocenters. The standard InChI is InChI=1S/C20H26ClN2O5S.ClHO4/c1-14-10-15(2)23(16(3)11-14)8-9-27-20(24)13-28-19-7-6-17(12-18(19)21)29(25,26)22(4)5;2-1(3,4)5/h6-7,10-12H,8-9,13H2,1-5H3;(H,2,3,4,5)/q+1;/p-1. The minimum Gasteiger partial charge on any atom is -0.480 e. The maximum absolute atomic E-state index is 12.1. The zero-order chi connectivity index (χ0) is 26.3. The van der Waals surface area contributed by atoms with Gasteiger partial charge in [-0.15, -0.1) is 10.2 Å². The van der Waals surface area contributed by atoms with Crippen molar-refractivity contribution in [2.24, 2.45) is 0 Å². The lowest BCUT2D eigenvalue weighted by molar-refractivity contribution is -2.00. The summed E-state index contributed by atoms with van der Waals surface area (Å²) in [5, 5.41) is 0.0992. The summed E-state index contributed by atoms with van der Waals surface area (Å²) in [5.41, 5.74) is 3.37. The molecular formula is C20H26Cl2N2O9S. The molecule has 0 N–H and O–H groups in total. The summed E-state index contributed by atoms with van der Waals surface area (Å²) >= 11 is 6.09. The number of aromatic nitrogens is 1. The van der Waals surface area contributed by atoms with Gasteiger partial charge in [0.05, 0.1) is 9.92 Å². The molecule has 11 nitrogen and oxygen atoms in total. The molecule has 0 spiro atoms. The van der Waals surface area contributed by atoms with Crippen LogP contribution < -0.4 is 27.9 Å². The highest BCUT2D eigenvalue weighted by molar-refractivity contribution is 7.89. The minimum absolute atomic E-state index is 0.0447. The maximum atomic E-state index is 12.1. The van der Waals surface area contributed by atoms with Crippen LogP contribution in [0.2, 0.25) is 5.02 Å². The summed E-state index contributed by atoms with van der Waals surface area (Å²) < 4.78 is 72.0. The van der Waals surface area contributed by atoms with Crippen molar-refractivity contribution in [3.8, 4) is 5.75 Å². The Labute approximate surface area is 205 Å². The quantitative estimate of drug-likeness (QED) is 0.263. The monoisotopic (exact) mass is 540 g/mol. The van der Waals surface area contributed by atoms with Crippen molar-refractivity contribution in [3.05, 3.63) is 52.3 Å². The second-order valence-corrected chi connectivity index (χ2v) is 10.5. The van der Waals surface area contributed by atoms with Crippen LogP contribution in [0.1, 0.15) is 17.0 Å². The van der Waals surface area contributed by atoms with Gasteiger partial charge in [0.2, 0.25) is 10.0 Å². The van der Waals surface area contributed by atoms with Gasteiger partial charge in [-0.1, -0.05) is 11.6 Å². The summed E-state index contributed by atoms with van der Waals surface area (Å²) in [5.74, 6) is -0.324. The van der Waals surface area contributed by atoms with Gasteiger partial charge in [-0.05, 0) is 30.7 Å². The summed E-state index contributed by atoms with van der Waals surface area (Å²) in [6, 6.07) is 8.22. The highest BCUT2D eigenvalue weighted by Crippen LogP contribution is 2.28. The molecule has 0 saturated heterocycles. The molecule has 0 bridgehead atoms. The van der Waals surface area contributed by atoms with Gasteiger partial charge >= 0.3 is 5.97 Å². The fourth-order valence-corrected chi connectivity index (χ4v) is 4.11. The summed E-state index contributed by atoms with van der Waals surface area (Å²) in [6.45, 7) is 6.48. The third-order valence-corrected chi connectivity index (χ3v) is 6.44. The maximum Gasteiger partial charge on any atom is 0.344 e. The largest absolute Gasteiger partial charge is 0.480 e. The molecule has 0 saturated carbocycles. The predicted octanol–water partition coefficient (Wildman–Crippen LogP) is -2.33. The molecule has 1 aromatic heterocycles. The number of ether oxygens (including phenoxy) is 2. The van der Waals surface area contributed by atoms with Crippen LogP contribution >= 0.6 is 11.6 Å². The molecule has 190 valence electrons. The van der Waals surface area contributed by atoms with Gasteiger partial charge in [-0.2, -0.15) is 4.57 Å².